The molecule has 6 nitrogen and oxygen atoms in total. The van der Waals surface area contributed by atoms with Gasteiger partial charge in [-0.25, -0.2) is 4.98 Å². The van der Waals surface area contributed by atoms with Gasteiger partial charge in [-0.3, -0.25) is 4.99 Å². The molecule has 0 atom stereocenters. The molecule has 0 aliphatic carbocycles. The fraction of sp³-hybridized carbons (Fsp3) is 0.440. The Morgan fingerprint density at radius 3 is 2.69 bits per heavy atom. The van der Waals surface area contributed by atoms with Crippen molar-refractivity contribution in [3.8, 4) is 0 Å². The van der Waals surface area contributed by atoms with Crippen LogP contribution in [0.4, 0.5) is 5.82 Å². The fourth-order valence-electron chi connectivity index (χ4n) is 4.37. The fourth-order valence-corrected chi connectivity index (χ4v) is 4.37. The van der Waals surface area contributed by atoms with Crippen molar-refractivity contribution in [1.82, 2.24) is 20.6 Å². The normalized spacial score (nSPS) is 14.9. The van der Waals surface area contributed by atoms with Crippen LogP contribution in [0.5, 0.6) is 0 Å². The minimum atomic E-state index is 0. The summed E-state index contributed by atoms with van der Waals surface area (Å²) in [6.45, 7) is 7.99. The largest absolute Gasteiger partial charge is 0.361 e. The number of rotatable bonds is 7. The minimum Gasteiger partial charge on any atom is -0.361 e. The molecule has 1 saturated heterocycles. The number of halogens is 1. The number of H-pyrrole nitrogens is 1. The van der Waals surface area contributed by atoms with Gasteiger partial charge < -0.3 is 20.5 Å². The van der Waals surface area contributed by atoms with Gasteiger partial charge in [0.25, 0.3) is 0 Å². The van der Waals surface area contributed by atoms with Crippen molar-refractivity contribution in [1.29, 1.82) is 0 Å². The van der Waals surface area contributed by atoms with Crippen LogP contribution in [0.1, 0.15) is 37.8 Å². The van der Waals surface area contributed by atoms with E-state index in [4.69, 9.17) is 4.99 Å². The van der Waals surface area contributed by atoms with Gasteiger partial charge in [0.15, 0.2) is 5.96 Å². The highest BCUT2D eigenvalue weighted by molar-refractivity contribution is 14.0. The smallest absolute Gasteiger partial charge is 0.191 e. The first-order chi connectivity index (χ1) is 15.3. The van der Waals surface area contributed by atoms with Crippen LogP contribution in [0.15, 0.2) is 53.8 Å². The molecule has 1 aliphatic heterocycles. The van der Waals surface area contributed by atoms with E-state index < -0.39 is 0 Å². The minimum absolute atomic E-state index is 0. The Morgan fingerprint density at radius 1 is 1.12 bits per heavy atom. The van der Waals surface area contributed by atoms with E-state index in [-0.39, 0.29) is 24.0 Å². The number of piperidine rings is 1. The summed E-state index contributed by atoms with van der Waals surface area (Å²) in [6.07, 6.45) is 8.16. The average molecular weight is 547 g/mol. The lowest BCUT2D eigenvalue weighted by atomic mass is 10.1. The van der Waals surface area contributed by atoms with Crippen molar-refractivity contribution in [2.75, 3.05) is 31.1 Å². The molecule has 0 unspecified atom stereocenters. The van der Waals surface area contributed by atoms with Gasteiger partial charge in [0.2, 0.25) is 0 Å². The maximum atomic E-state index is 4.86. The third-order valence-corrected chi connectivity index (χ3v) is 6.07. The van der Waals surface area contributed by atoms with E-state index in [1.165, 1.54) is 22.0 Å². The zero-order valence-electron chi connectivity index (χ0n) is 19.1. The number of anilines is 1. The van der Waals surface area contributed by atoms with E-state index in [0.29, 0.717) is 6.04 Å². The Labute approximate surface area is 208 Å². The number of aliphatic imine (C=N–C) groups is 1. The number of guanidine groups is 1. The zero-order valence-corrected chi connectivity index (χ0v) is 21.4. The number of aryl methyl sites for hydroxylation is 1. The van der Waals surface area contributed by atoms with Crippen molar-refractivity contribution < 1.29 is 0 Å². The summed E-state index contributed by atoms with van der Waals surface area (Å²) in [5.74, 6) is 2.00. The van der Waals surface area contributed by atoms with Crippen LogP contribution in [0, 0.1) is 0 Å². The zero-order chi connectivity index (χ0) is 21.5. The van der Waals surface area contributed by atoms with Crippen molar-refractivity contribution in [2.24, 2.45) is 4.99 Å². The molecule has 0 saturated carbocycles. The third-order valence-electron chi connectivity index (χ3n) is 6.07. The highest BCUT2D eigenvalue weighted by Gasteiger charge is 2.20. The number of fused-ring (bicyclic) bond motifs is 1. The van der Waals surface area contributed by atoms with Crippen molar-refractivity contribution in [3.05, 3.63) is 59.9 Å². The maximum absolute atomic E-state index is 4.86. The summed E-state index contributed by atoms with van der Waals surface area (Å²) in [5, 5.41) is 8.39. The lowest BCUT2D eigenvalue weighted by Crippen LogP contribution is -2.49. The standard InChI is InChI=1S/C25H34N6.HI/c1-3-19-8-7-9-22-20(18-29-24(19)22)11-15-28-25(26-4-2)30-21-12-16-31(17-13-21)23-10-5-6-14-27-23;/h5-10,14,18,21,29H,3-4,11-13,15-17H2,1-2H3,(H2,26,28,30);1H. The molecule has 3 aromatic rings. The van der Waals surface area contributed by atoms with Gasteiger partial charge in [-0.15, -0.1) is 24.0 Å². The number of pyridine rings is 1. The molecule has 1 aromatic carbocycles. The molecule has 1 fully saturated rings. The molecule has 0 spiro atoms. The molecule has 3 heterocycles. The number of aromatic nitrogens is 2. The van der Waals surface area contributed by atoms with Gasteiger partial charge in [0.1, 0.15) is 5.82 Å². The van der Waals surface area contributed by atoms with E-state index in [0.717, 1.165) is 63.6 Å². The highest BCUT2D eigenvalue weighted by Crippen LogP contribution is 2.22. The van der Waals surface area contributed by atoms with Crippen LogP contribution in [0.3, 0.4) is 0 Å². The molecule has 2 aromatic heterocycles. The second kappa shape index (κ2) is 12.1. The molecule has 3 N–H and O–H groups in total. The number of benzene rings is 1. The number of aromatic amines is 1. The van der Waals surface area contributed by atoms with Gasteiger partial charge in [0.05, 0.1) is 0 Å². The SMILES string of the molecule is CCNC(=NCCc1c[nH]c2c(CC)cccc12)NC1CCN(c2ccccn2)CC1.I. The Kier molecular flexibility index (Phi) is 9.20. The molecule has 0 amide bonds. The van der Waals surface area contributed by atoms with E-state index in [9.17, 15) is 0 Å². The monoisotopic (exact) mass is 546 g/mol. The Hall–Kier alpha value is -2.29. The first-order valence-electron chi connectivity index (χ1n) is 11.6. The second-order valence-corrected chi connectivity index (χ2v) is 8.11. The molecule has 0 radical (unpaired) electrons. The average Bonchev–Trinajstić information content (AvgIpc) is 3.23. The first-order valence-corrected chi connectivity index (χ1v) is 11.6. The van der Waals surface area contributed by atoms with E-state index in [2.05, 4.69) is 75.9 Å². The van der Waals surface area contributed by atoms with Crippen LogP contribution in [-0.4, -0.2) is 48.1 Å². The number of nitrogens with one attached hydrogen (secondary N) is 3. The summed E-state index contributed by atoms with van der Waals surface area (Å²) in [7, 11) is 0. The lowest BCUT2D eigenvalue weighted by molar-refractivity contribution is 0.459. The summed E-state index contributed by atoms with van der Waals surface area (Å²) in [6, 6.07) is 13.1. The van der Waals surface area contributed by atoms with Crippen molar-refractivity contribution in [2.45, 2.75) is 45.6 Å². The number of hydrogen-bond donors (Lipinski definition) is 3. The third kappa shape index (κ3) is 5.94. The topological polar surface area (TPSA) is 68.3 Å². The Bertz CT molecular complexity index is 992. The lowest BCUT2D eigenvalue weighted by Gasteiger charge is -2.33. The Balaban J connectivity index is 0.00000289. The summed E-state index contributed by atoms with van der Waals surface area (Å²) in [4.78, 5) is 15.2. The quantitative estimate of drug-likeness (QED) is 0.232. The van der Waals surface area contributed by atoms with Gasteiger partial charge in [-0.05, 0) is 55.9 Å². The molecule has 32 heavy (non-hydrogen) atoms. The highest BCUT2D eigenvalue weighted by atomic mass is 127. The number of para-hydroxylation sites is 1. The van der Waals surface area contributed by atoms with Crippen LogP contribution < -0.4 is 15.5 Å². The Morgan fingerprint density at radius 2 is 1.97 bits per heavy atom. The molecule has 7 heteroatoms. The van der Waals surface area contributed by atoms with Crippen LogP contribution in [0.25, 0.3) is 10.9 Å². The summed E-state index contributed by atoms with van der Waals surface area (Å²) in [5.41, 5.74) is 3.99. The van der Waals surface area contributed by atoms with Crippen LogP contribution in [0.2, 0.25) is 0 Å². The van der Waals surface area contributed by atoms with Crippen molar-refractivity contribution >= 4 is 46.7 Å². The van der Waals surface area contributed by atoms with Gasteiger partial charge in [-0.1, -0.05) is 31.2 Å². The number of hydrogen-bond acceptors (Lipinski definition) is 3. The van der Waals surface area contributed by atoms with E-state index in [1.807, 2.05) is 12.3 Å². The molecule has 4 rings (SSSR count). The van der Waals surface area contributed by atoms with Gasteiger partial charge in [-0.2, -0.15) is 0 Å². The first kappa shape index (κ1) is 24.4. The van der Waals surface area contributed by atoms with Crippen molar-refractivity contribution in [3.63, 3.8) is 0 Å². The van der Waals surface area contributed by atoms with Gasteiger partial charge >= 0.3 is 0 Å². The maximum Gasteiger partial charge on any atom is 0.191 e. The van der Waals surface area contributed by atoms with Gasteiger partial charge in [0, 0.05) is 55.5 Å². The molecule has 172 valence electrons. The summed E-state index contributed by atoms with van der Waals surface area (Å²) >= 11 is 0. The second-order valence-electron chi connectivity index (χ2n) is 8.11. The molecule has 1 aliphatic rings. The van der Waals surface area contributed by atoms with Crippen LogP contribution in [-0.2, 0) is 12.8 Å². The van der Waals surface area contributed by atoms with Crippen LogP contribution >= 0.6 is 24.0 Å². The van der Waals surface area contributed by atoms with E-state index >= 15 is 0 Å². The predicted octanol–water partition coefficient (Wildman–Crippen LogP) is 4.51. The molecular weight excluding hydrogens is 511 g/mol. The number of nitrogens with zero attached hydrogens (tertiary/aromatic N) is 3. The predicted molar refractivity (Wildman–Crippen MR) is 145 cm³/mol. The molecular formula is C25H35IN6. The molecule has 0 bridgehead atoms. The van der Waals surface area contributed by atoms with E-state index in [1.54, 1.807) is 0 Å². The summed E-state index contributed by atoms with van der Waals surface area (Å²) < 4.78 is 0.